The zero-order valence-electron chi connectivity index (χ0n) is 16.4. The average molecular weight is 366 g/mol. The molecule has 0 fully saturated rings. The minimum Gasteiger partial charge on any atom is -0.444 e. The molecule has 3 rings (SSSR count). The highest BCUT2D eigenvalue weighted by molar-refractivity contribution is 5.83. The van der Waals surface area contributed by atoms with E-state index in [1.165, 1.54) is 4.90 Å². The lowest BCUT2D eigenvalue weighted by Gasteiger charge is -2.27. The van der Waals surface area contributed by atoms with Gasteiger partial charge >= 0.3 is 6.09 Å². The summed E-state index contributed by atoms with van der Waals surface area (Å²) >= 11 is 0. The highest BCUT2D eigenvalue weighted by Crippen LogP contribution is 2.32. The van der Waals surface area contributed by atoms with Gasteiger partial charge in [-0.1, -0.05) is 48.5 Å². The highest BCUT2D eigenvalue weighted by Gasteiger charge is 2.26. The van der Waals surface area contributed by atoms with Crippen LogP contribution in [-0.2, 0) is 22.6 Å². The van der Waals surface area contributed by atoms with Crippen molar-refractivity contribution in [2.24, 2.45) is 0 Å². The van der Waals surface area contributed by atoms with Gasteiger partial charge in [0.15, 0.2) is 0 Å². The van der Waals surface area contributed by atoms with E-state index in [9.17, 15) is 9.59 Å². The van der Waals surface area contributed by atoms with Gasteiger partial charge in [-0.3, -0.25) is 4.79 Å². The number of hydrogen-bond donors (Lipinski definition) is 0. The molecule has 0 saturated heterocycles. The topological polar surface area (TPSA) is 49.9 Å². The Labute approximate surface area is 160 Å². The lowest BCUT2D eigenvalue weighted by Crippen LogP contribution is -2.42. The van der Waals surface area contributed by atoms with Crippen molar-refractivity contribution in [2.75, 3.05) is 13.6 Å². The van der Waals surface area contributed by atoms with Crippen LogP contribution in [0.25, 0.3) is 11.1 Å². The SMILES string of the molecule is CN(CC(=O)N1Cc2ccccc2-c2ccccc2C1)C(=O)OC(C)(C)C. The van der Waals surface area contributed by atoms with Crippen molar-refractivity contribution >= 4 is 12.0 Å². The molecule has 0 N–H and O–H groups in total. The average Bonchev–Trinajstić information content (AvgIpc) is 2.77. The smallest absolute Gasteiger partial charge is 0.410 e. The Morgan fingerprint density at radius 3 is 1.93 bits per heavy atom. The van der Waals surface area contributed by atoms with Crippen molar-refractivity contribution in [1.29, 1.82) is 0 Å². The summed E-state index contributed by atoms with van der Waals surface area (Å²) < 4.78 is 5.34. The number of rotatable bonds is 2. The monoisotopic (exact) mass is 366 g/mol. The predicted molar refractivity (Wildman–Crippen MR) is 105 cm³/mol. The molecule has 0 atom stereocenters. The predicted octanol–water partition coefficient (Wildman–Crippen LogP) is 4.06. The first-order valence-electron chi connectivity index (χ1n) is 9.12. The molecule has 2 amide bonds. The van der Waals surface area contributed by atoms with Crippen molar-refractivity contribution in [1.82, 2.24) is 9.80 Å². The Morgan fingerprint density at radius 2 is 1.44 bits per heavy atom. The molecular weight excluding hydrogens is 340 g/mol. The third-order valence-corrected chi connectivity index (χ3v) is 4.48. The largest absolute Gasteiger partial charge is 0.444 e. The maximum atomic E-state index is 12.9. The van der Waals surface area contributed by atoms with Crippen LogP contribution in [0, 0.1) is 0 Å². The third-order valence-electron chi connectivity index (χ3n) is 4.48. The molecule has 1 aliphatic heterocycles. The summed E-state index contributed by atoms with van der Waals surface area (Å²) in [6, 6.07) is 16.3. The molecule has 0 saturated carbocycles. The molecule has 0 radical (unpaired) electrons. The summed E-state index contributed by atoms with van der Waals surface area (Å²) in [6.45, 7) is 6.45. The second-order valence-electron chi connectivity index (χ2n) is 7.90. The van der Waals surface area contributed by atoms with Crippen LogP contribution < -0.4 is 0 Å². The molecule has 5 nitrogen and oxygen atoms in total. The van der Waals surface area contributed by atoms with Gasteiger partial charge in [-0.25, -0.2) is 4.79 Å². The Bertz CT molecular complexity index is 807. The fourth-order valence-electron chi connectivity index (χ4n) is 3.19. The lowest BCUT2D eigenvalue weighted by atomic mass is 9.97. The van der Waals surface area contributed by atoms with E-state index >= 15 is 0 Å². The fourth-order valence-corrected chi connectivity index (χ4v) is 3.19. The second kappa shape index (κ2) is 7.43. The van der Waals surface area contributed by atoms with E-state index in [1.807, 2.05) is 45.0 Å². The lowest BCUT2D eigenvalue weighted by molar-refractivity contribution is -0.133. The van der Waals surface area contributed by atoms with E-state index in [-0.39, 0.29) is 12.5 Å². The van der Waals surface area contributed by atoms with E-state index in [2.05, 4.69) is 24.3 Å². The number of carbonyl (C=O) groups excluding carboxylic acids is 2. The van der Waals surface area contributed by atoms with E-state index in [1.54, 1.807) is 11.9 Å². The quantitative estimate of drug-likeness (QED) is 0.805. The summed E-state index contributed by atoms with van der Waals surface area (Å²) in [4.78, 5) is 28.2. The Balaban J connectivity index is 1.80. The molecule has 1 aliphatic rings. The maximum Gasteiger partial charge on any atom is 0.410 e. The molecule has 2 aromatic rings. The molecule has 2 aromatic carbocycles. The van der Waals surface area contributed by atoms with E-state index in [0.29, 0.717) is 13.1 Å². The third kappa shape index (κ3) is 4.48. The van der Waals surface area contributed by atoms with Gasteiger partial charge < -0.3 is 14.5 Å². The van der Waals surface area contributed by atoms with E-state index in [0.717, 1.165) is 22.3 Å². The summed E-state index contributed by atoms with van der Waals surface area (Å²) in [5.74, 6) is -0.102. The minimum absolute atomic E-state index is 0.0146. The normalized spacial score (nSPS) is 13.3. The molecule has 27 heavy (non-hydrogen) atoms. The second-order valence-corrected chi connectivity index (χ2v) is 7.90. The number of likely N-dealkylation sites (N-methyl/N-ethyl adjacent to an activating group) is 1. The summed E-state index contributed by atoms with van der Waals surface area (Å²) in [5, 5.41) is 0. The molecule has 5 heteroatoms. The van der Waals surface area contributed by atoms with Crippen molar-refractivity contribution in [3.63, 3.8) is 0 Å². The zero-order chi connectivity index (χ0) is 19.6. The minimum atomic E-state index is -0.588. The van der Waals surface area contributed by atoms with E-state index in [4.69, 9.17) is 4.74 Å². The first kappa shape index (κ1) is 19.0. The van der Waals surface area contributed by atoms with Crippen molar-refractivity contribution in [3.05, 3.63) is 59.7 Å². The van der Waals surface area contributed by atoms with Gasteiger partial charge in [0.25, 0.3) is 0 Å². The number of benzene rings is 2. The first-order valence-corrected chi connectivity index (χ1v) is 9.12. The number of fused-ring (bicyclic) bond motifs is 3. The molecule has 0 aromatic heterocycles. The summed E-state index contributed by atoms with van der Waals surface area (Å²) in [6.07, 6.45) is -0.494. The van der Waals surface area contributed by atoms with Crippen molar-refractivity contribution < 1.29 is 14.3 Å². The molecule has 0 bridgehead atoms. The van der Waals surface area contributed by atoms with Gasteiger partial charge in [-0.05, 0) is 43.0 Å². The fraction of sp³-hybridized carbons (Fsp3) is 0.364. The van der Waals surface area contributed by atoms with Crippen molar-refractivity contribution in [2.45, 2.75) is 39.5 Å². The van der Waals surface area contributed by atoms with Crippen LogP contribution in [0.1, 0.15) is 31.9 Å². The summed E-state index contributed by atoms with van der Waals surface area (Å²) in [7, 11) is 1.59. The van der Waals surface area contributed by atoms with Gasteiger partial charge in [-0.15, -0.1) is 0 Å². The first-order chi connectivity index (χ1) is 12.7. The molecule has 0 unspecified atom stereocenters. The molecule has 1 heterocycles. The number of hydrogen-bond acceptors (Lipinski definition) is 3. The van der Waals surface area contributed by atoms with Gasteiger partial charge in [0, 0.05) is 20.1 Å². The van der Waals surface area contributed by atoms with Gasteiger partial charge in [0.05, 0.1) is 0 Å². The van der Waals surface area contributed by atoms with Crippen LogP contribution in [0.4, 0.5) is 4.79 Å². The molecule has 142 valence electrons. The number of carbonyl (C=O) groups is 2. The molecular formula is C22H26N2O3. The van der Waals surface area contributed by atoms with Crippen LogP contribution >= 0.6 is 0 Å². The molecule has 0 spiro atoms. The summed E-state index contributed by atoms with van der Waals surface area (Å²) in [5.41, 5.74) is 3.94. The van der Waals surface area contributed by atoms with Crippen LogP contribution in [0.3, 0.4) is 0 Å². The maximum absolute atomic E-state index is 12.9. The standard InChI is InChI=1S/C22H26N2O3/c1-22(2,3)27-21(26)23(4)15-20(25)24-13-16-9-5-7-11-18(16)19-12-8-6-10-17(19)14-24/h5-12H,13-15H2,1-4H3. The Hall–Kier alpha value is -2.82. The van der Waals surface area contributed by atoms with Crippen LogP contribution in [0.15, 0.2) is 48.5 Å². The number of ether oxygens (including phenoxy) is 1. The van der Waals surface area contributed by atoms with Crippen LogP contribution in [-0.4, -0.2) is 41.0 Å². The van der Waals surface area contributed by atoms with Crippen LogP contribution in [0.2, 0.25) is 0 Å². The van der Waals surface area contributed by atoms with Crippen molar-refractivity contribution in [3.8, 4) is 11.1 Å². The van der Waals surface area contributed by atoms with E-state index < -0.39 is 11.7 Å². The van der Waals surface area contributed by atoms with Crippen LogP contribution in [0.5, 0.6) is 0 Å². The van der Waals surface area contributed by atoms with Gasteiger partial charge in [0.2, 0.25) is 5.91 Å². The van der Waals surface area contributed by atoms with Gasteiger partial charge in [-0.2, -0.15) is 0 Å². The highest BCUT2D eigenvalue weighted by atomic mass is 16.6. The Kier molecular flexibility index (Phi) is 5.22. The van der Waals surface area contributed by atoms with Gasteiger partial charge in [0.1, 0.15) is 12.1 Å². The molecule has 0 aliphatic carbocycles. The number of nitrogens with zero attached hydrogens (tertiary/aromatic N) is 2. The Morgan fingerprint density at radius 1 is 0.963 bits per heavy atom. The zero-order valence-corrected chi connectivity index (χ0v) is 16.4. The number of amides is 2.